The van der Waals surface area contributed by atoms with Crippen LogP contribution in [0.5, 0.6) is 0 Å². The Kier molecular flexibility index (Phi) is 2.93. The molecular weight excluding hydrogens is 224 g/mol. The lowest BCUT2D eigenvalue weighted by Crippen LogP contribution is -2.02. The molecule has 0 radical (unpaired) electrons. The zero-order chi connectivity index (χ0) is 11.7. The zero-order valence-corrected chi connectivity index (χ0v) is 10.2. The van der Waals surface area contributed by atoms with E-state index < -0.39 is 0 Å². The molecule has 2 rings (SSSR count). The highest BCUT2D eigenvalue weighted by Gasteiger charge is 2.13. The van der Waals surface area contributed by atoms with Gasteiger partial charge in [0.1, 0.15) is 11.5 Å². The molecule has 0 spiro atoms. The first-order valence-corrected chi connectivity index (χ1v) is 5.65. The van der Waals surface area contributed by atoms with Gasteiger partial charge in [0.25, 0.3) is 0 Å². The van der Waals surface area contributed by atoms with E-state index in [9.17, 15) is 0 Å². The molecule has 0 fully saturated rings. The van der Waals surface area contributed by atoms with Gasteiger partial charge in [0, 0.05) is 0 Å². The Morgan fingerprint density at radius 3 is 2.44 bits per heavy atom. The van der Waals surface area contributed by atoms with Crippen molar-refractivity contribution in [2.24, 2.45) is 0 Å². The molecule has 16 heavy (non-hydrogen) atoms. The lowest BCUT2D eigenvalue weighted by Gasteiger charge is -2.07. The molecule has 0 aliphatic heterocycles. The Balaban J connectivity index is 2.55. The molecule has 0 saturated heterocycles. The summed E-state index contributed by atoms with van der Waals surface area (Å²) in [5, 5.41) is 17.9. The van der Waals surface area contributed by atoms with Crippen LogP contribution in [0.4, 0.5) is 0 Å². The predicted molar refractivity (Wildman–Crippen MR) is 61.1 cm³/mol. The van der Waals surface area contributed by atoms with E-state index in [1.54, 1.807) is 0 Å². The van der Waals surface area contributed by atoms with Crippen molar-refractivity contribution < 1.29 is 5.11 Å². The summed E-state index contributed by atoms with van der Waals surface area (Å²) in [6.45, 7) is 5.63. The molecule has 6 heteroatoms. The standard InChI is InChI=1S/C10H12N4OS/c1-5-6(2)9(13-12-8(5)4-15)10-11-7(3)14-16-10/h15H,4H2,1-3H3. The van der Waals surface area contributed by atoms with Gasteiger partial charge in [-0.1, -0.05) is 0 Å². The number of hydrogen-bond donors (Lipinski definition) is 1. The van der Waals surface area contributed by atoms with Gasteiger partial charge >= 0.3 is 0 Å². The fourth-order valence-electron chi connectivity index (χ4n) is 1.40. The number of aliphatic hydroxyl groups excluding tert-OH is 1. The molecule has 0 aromatic carbocycles. The largest absolute Gasteiger partial charge is 0.390 e. The molecular formula is C10H12N4OS. The van der Waals surface area contributed by atoms with Crippen LogP contribution in [0.1, 0.15) is 22.6 Å². The van der Waals surface area contributed by atoms with Crippen molar-refractivity contribution in [1.82, 2.24) is 19.6 Å². The van der Waals surface area contributed by atoms with Crippen molar-refractivity contribution in [3.8, 4) is 10.7 Å². The first-order valence-electron chi connectivity index (χ1n) is 4.87. The Bertz CT molecular complexity index is 524. The average molecular weight is 236 g/mol. The quantitative estimate of drug-likeness (QED) is 0.853. The minimum absolute atomic E-state index is 0.0882. The van der Waals surface area contributed by atoms with Crippen molar-refractivity contribution >= 4 is 11.5 Å². The summed E-state index contributed by atoms with van der Waals surface area (Å²) in [6, 6.07) is 0. The molecule has 84 valence electrons. The van der Waals surface area contributed by atoms with Crippen LogP contribution in [-0.2, 0) is 6.61 Å². The Labute approximate surface area is 97.4 Å². The van der Waals surface area contributed by atoms with Gasteiger partial charge in [0.15, 0.2) is 5.01 Å². The summed E-state index contributed by atoms with van der Waals surface area (Å²) >= 11 is 1.31. The van der Waals surface area contributed by atoms with E-state index in [1.165, 1.54) is 11.5 Å². The van der Waals surface area contributed by atoms with E-state index in [0.29, 0.717) is 5.69 Å². The van der Waals surface area contributed by atoms with Crippen molar-refractivity contribution in [3.63, 3.8) is 0 Å². The number of aryl methyl sites for hydroxylation is 1. The van der Waals surface area contributed by atoms with Crippen molar-refractivity contribution in [1.29, 1.82) is 0 Å². The van der Waals surface area contributed by atoms with Crippen LogP contribution in [0.3, 0.4) is 0 Å². The van der Waals surface area contributed by atoms with Gasteiger partial charge in [0.05, 0.1) is 12.3 Å². The molecule has 2 aromatic heterocycles. The zero-order valence-electron chi connectivity index (χ0n) is 9.35. The highest BCUT2D eigenvalue weighted by Crippen LogP contribution is 2.25. The summed E-state index contributed by atoms with van der Waals surface area (Å²) < 4.78 is 4.12. The third kappa shape index (κ3) is 1.81. The van der Waals surface area contributed by atoms with Gasteiger partial charge in [-0.25, -0.2) is 4.98 Å². The van der Waals surface area contributed by atoms with Crippen LogP contribution in [0, 0.1) is 20.8 Å². The summed E-state index contributed by atoms with van der Waals surface area (Å²) in [4.78, 5) is 4.28. The maximum Gasteiger partial charge on any atom is 0.164 e. The highest BCUT2D eigenvalue weighted by molar-refractivity contribution is 7.09. The fraction of sp³-hybridized carbons (Fsp3) is 0.400. The van der Waals surface area contributed by atoms with Gasteiger partial charge in [-0.2, -0.15) is 9.47 Å². The first-order chi connectivity index (χ1) is 7.63. The minimum Gasteiger partial charge on any atom is -0.390 e. The van der Waals surface area contributed by atoms with Crippen molar-refractivity contribution in [2.45, 2.75) is 27.4 Å². The normalized spacial score (nSPS) is 10.8. The second kappa shape index (κ2) is 4.23. The van der Waals surface area contributed by atoms with Crippen LogP contribution in [-0.4, -0.2) is 24.7 Å². The average Bonchev–Trinajstić information content (AvgIpc) is 2.69. The summed E-state index contributed by atoms with van der Waals surface area (Å²) in [5.41, 5.74) is 3.32. The van der Waals surface area contributed by atoms with Crippen molar-refractivity contribution in [2.75, 3.05) is 0 Å². The lowest BCUT2D eigenvalue weighted by molar-refractivity contribution is 0.274. The van der Waals surface area contributed by atoms with Crippen LogP contribution in [0.15, 0.2) is 0 Å². The summed E-state index contributed by atoms with van der Waals surface area (Å²) in [7, 11) is 0. The lowest BCUT2D eigenvalue weighted by atomic mass is 10.1. The molecule has 2 heterocycles. The van der Waals surface area contributed by atoms with Crippen LogP contribution in [0.25, 0.3) is 10.7 Å². The minimum atomic E-state index is -0.0882. The van der Waals surface area contributed by atoms with Gasteiger partial charge in [0.2, 0.25) is 0 Å². The molecule has 0 aliphatic carbocycles. The second-order valence-electron chi connectivity index (χ2n) is 3.55. The molecule has 0 saturated carbocycles. The number of aliphatic hydroxyl groups is 1. The van der Waals surface area contributed by atoms with Crippen LogP contribution in [0.2, 0.25) is 0 Å². The molecule has 0 unspecified atom stereocenters. The van der Waals surface area contributed by atoms with E-state index in [2.05, 4.69) is 19.6 Å². The third-order valence-electron chi connectivity index (χ3n) is 2.50. The number of hydrogen-bond acceptors (Lipinski definition) is 6. The smallest absolute Gasteiger partial charge is 0.164 e. The summed E-state index contributed by atoms with van der Waals surface area (Å²) in [6.07, 6.45) is 0. The number of rotatable bonds is 2. The SMILES string of the molecule is Cc1nsc(-c2nnc(CO)c(C)c2C)n1. The monoisotopic (exact) mass is 236 g/mol. The van der Waals surface area contributed by atoms with Gasteiger partial charge in [-0.15, -0.1) is 5.10 Å². The second-order valence-corrected chi connectivity index (χ2v) is 4.30. The maximum atomic E-state index is 9.08. The molecule has 0 aliphatic rings. The van der Waals surface area contributed by atoms with E-state index >= 15 is 0 Å². The number of nitrogens with zero attached hydrogens (tertiary/aromatic N) is 4. The molecule has 0 amide bonds. The molecule has 0 bridgehead atoms. The molecule has 0 atom stereocenters. The van der Waals surface area contributed by atoms with Crippen LogP contribution >= 0.6 is 11.5 Å². The summed E-state index contributed by atoms with van der Waals surface area (Å²) in [5.74, 6) is 0.741. The Morgan fingerprint density at radius 1 is 1.12 bits per heavy atom. The first kappa shape index (κ1) is 11.1. The highest BCUT2D eigenvalue weighted by atomic mass is 32.1. The molecule has 5 nitrogen and oxygen atoms in total. The number of aromatic nitrogens is 4. The van der Waals surface area contributed by atoms with Gasteiger partial charge < -0.3 is 5.11 Å². The molecule has 2 aromatic rings. The fourth-order valence-corrected chi connectivity index (χ4v) is 2.11. The molecule has 1 N–H and O–H groups in total. The van der Waals surface area contributed by atoms with Crippen LogP contribution < -0.4 is 0 Å². The van der Waals surface area contributed by atoms with E-state index in [0.717, 1.165) is 27.7 Å². The maximum absolute atomic E-state index is 9.08. The predicted octanol–water partition coefficient (Wildman–Crippen LogP) is 1.41. The van der Waals surface area contributed by atoms with Gasteiger partial charge in [-0.3, -0.25) is 0 Å². The van der Waals surface area contributed by atoms with E-state index in [1.807, 2.05) is 20.8 Å². The van der Waals surface area contributed by atoms with Gasteiger partial charge in [-0.05, 0) is 43.4 Å². The van der Waals surface area contributed by atoms with Crippen molar-refractivity contribution in [3.05, 3.63) is 22.6 Å². The third-order valence-corrected chi connectivity index (χ3v) is 3.31. The Morgan fingerprint density at radius 2 is 1.88 bits per heavy atom. The topological polar surface area (TPSA) is 71.8 Å². The van der Waals surface area contributed by atoms with E-state index in [-0.39, 0.29) is 6.61 Å². The Hall–Kier alpha value is -1.40. The van der Waals surface area contributed by atoms with E-state index in [4.69, 9.17) is 5.11 Å².